The number of halogens is 3. The molecule has 0 fully saturated rings. The van der Waals surface area contributed by atoms with E-state index >= 15 is 0 Å². The first-order valence-electron chi connectivity index (χ1n) is 5.96. The molecule has 0 N–H and O–H groups in total. The zero-order valence-electron chi connectivity index (χ0n) is 11.0. The van der Waals surface area contributed by atoms with Crippen LogP contribution in [0.3, 0.4) is 0 Å². The van der Waals surface area contributed by atoms with Crippen LogP contribution in [-0.4, -0.2) is 13.1 Å². The zero-order chi connectivity index (χ0) is 15.4. The van der Waals surface area contributed by atoms with Gasteiger partial charge in [0, 0.05) is 6.07 Å². The normalized spacial score (nSPS) is 10.3. The Bertz CT molecular complexity index is 633. The molecule has 0 amide bonds. The Kier molecular flexibility index (Phi) is 4.90. The van der Waals surface area contributed by atoms with Gasteiger partial charge in [-0.1, -0.05) is 12.1 Å². The quantitative estimate of drug-likeness (QED) is 0.774. The van der Waals surface area contributed by atoms with Crippen LogP contribution in [-0.2, 0) is 11.3 Å². The van der Waals surface area contributed by atoms with E-state index in [4.69, 9.17) is 4.74 Å². The maximum atomic E-state index is 13.6. The average molecular weight is 357 g/mol. The first-order chi connectivity index (χ1) is 10.0. The second kappa shape index (κ2) is 6.67. The Morgan fingerprint density at radius 3 is 2.43 bits per heavy atom. The minimum Gasteiger partial charge on any atom is -0.485 e. The number of benzene rings is 2. The molecular weight excluding hydrogens is 346 g/mol. The fraction of sp³-hybridized carbons (Fsp3) is 0.133. The van der Waals surface area contributed by atoms with Gasteiger partial charge in [0.05, 0.1) is 17.1 Å². The van der Waals surface area contributed by atoms with Gasteiger partial charge in [-0.05, 0) is 39.7 Å². The van der Waals surface area contributed by atoms with Gasteiger partial charge in [0.25, 0.3) is 0 Å². The van der Waals surface area contributed by atoms with Crippen molar-refractivity contribution in [2.45, 2.75) is 6.61 Å². The van der Waals surface area contributed by atoms with E-state index in [1.165, 1.54) is 7.11 Å². The van der Waals surface area contributed by atoms with Crippen molar-refractivity contribution >= 4 is 21.9 Å². The van der Waals surface area contributed by atoms with Crippen LogP contribution in [0.4, 0.5) is 8.78 Å². The highest BCUT2D eigenvalue weighted by Crippen LogP contribution is 2.29. The van der Waals surface area contributed by atoms with E-state index in [9.17, 15) is 13.6 Å². The molecule has 110 valence electrons. The summed E-state index contributed by atoms with van der Waals surface area (Å²) < 4.78 is 36.6. The van der Waals surface area contributed by atoms with Gasteiger partial charge in [0.2, 0.25) is 0 Å². The molecule has 0 bridgehead atoms. The summed E-state index contributed by atoms with van der Waals surface area (Å²) in [6.45, 7) is 0.0859. The Hall–Kier alpha value is -1.95. The number of carbonyl (C=O) groups excluding carboxylic acids is 1. The molecule has 0 saturated heterocycles. The van der Waals surface area contributed by atoms with E-state index in [1.54, 1.807) is 24.3 Å². The molecule has 2 aromatic carbocycles. The first-order valence-corrected chi connectivity index (χ1v) is 6.75. The van der Waals surface area contributed by atoms with Gasteiger partial charge in [-0.15, -0.1) is 0 Å². The maximum Gasteiger partial charge on any atom is 0.337 e. The van der Waals surface area contributed by atoms with Crippen molar-refractivity contribution in [3.8, 4) is 5.75 Å². The van der Waals surface area contributed by atoms with Crippen molar-refractivity contribution in [1.82, 2.24) is 0 Å². The molecule has 0 spiro atoms. The predicted octanol–water partition coefficient (Wildman–Crippen LogP) is 4.09. The van der Waals surface area contributed by atoms with Gasteiger partial charge in [0.15, 0.2) is 11.6 Å². The number of ether oxygens (including phenoxy) is 2. The zero-order valence-corrected chi connectivity index (χ0v) is 12.6. The lowest BCUT2D eigenvalue weighted by Crippen LogP contribution is -2.02. The summed E-state index contributed by atoms with van der Waals surface area (Å²) in [6.07, 6.45) is 0. The summed E-state index contributed by atoms with van der Waals surface area (Å²) in [5.41, 5.74) is 1.15. The van der Waals surface area contributed by atoms with Gasteiger partial charge in [-0.2, -0.15) is 0 Å². The van der Waals surface area contributed by atoms with Crippen LogP contribution in [0.2, 0.25) is 0 Å². The molecule has 2 aromatic rings. The van der Waals surface area contributed by atoms with Gasteiger partial charge >= 0.3 is 5.97 Å². The smallest absolute Gasteiger partial charge is 0.337 e. The van der Waals surface area contributed by atoms with Crippen LogP contribution in [0.1, 0.15) is 15.9 Å². The van der Waals surface area contributed by atoms with E-state index in [1.807, 2.05) is 0 Å². The molecule has 0 atom stereocenters. The standard InChI is InChI=1S/C15H11BrF2O3/c1-20-15(19)10-4-2-9(3-5-10)8-21-14-12(16)6-11(17)7-13(14)18/h2-7H,8H2,1H3. The Labute approximate surface area is 128 Å². The van der Waals surface area contributed by atoms with E-state index in [-0.39, 0.29) is 16.8 Å². The van der Waals surface area contributed by atoms with E-state index in [0.717, 1.165) is 17.7 Å². The lowest BCUT2D eigenvalue weighted by atomic mass is 10.1. The van der Waals surface area contributed by atoms with Crippen LogP contribution < -0.4 is 4.74 Å². The second-order valence-electron chi connectivity index (χ2n) is 4.18. The monoisotopic (exact) mass is 356 g/mol. The molecule has 0 aliphatic rings. The molecule has 0 aliphatic carbocycles. The largest absolute Gasteiger partial charge is 0.485 e. The molecule has 0 radical (unpaired) electrons. The van der Waals surface area contributed by atoms with Crippen molar-refractivity contribution in [1.29, 1.82) is 0 Å². The molecule has 0 aromatic heterocycles. The van der Waals surface area contributed by atoms with Crippen molar-refractivity contribution in [3.05, 3.63) is 63.6 Å². The van der Waals surface area contributed by atoms with Gasteiger partial charge < -0.3 is 9.47 Å². The topological polar surface area (TPSA) is 35.5 Å². The molecule has 0 unspecified atom stereocenters. The van der Waals surface area contributed by atoms with Crippen molar-refractivity contribution in [2.24, 2.45) is 0 Å². The number of carbonyl (C=O) groups is 1. The van der Waals surface area contributed by atoms with E-state index in [0.29, 0.717) is 5.56 Å². The van der Waals surface area contributed by atoms with Crippen molar-refractivity contribution in [3.63, 3.8) is 0 Å². The SMILES string of the molecule is COC(=O)c1ccc(COc2c(F)cc(F)cc2Br)cc1. The van der Waals surface area contributed by atoms with Crippen LogP contribution in [0.5, 0.6) is 5.75 Å². The lowest BCUT2D eigenvalue weighted by Gasteiger charge is -2.10. The number of hydrogen-bond acceptors (Lipinski definition) is 3. The molecule has 6 heteroatoms. The van der Waals surface area contributed by atoms with Crippen molar-refractivity contribution < 1.29 is 23.0 Å². The number of hydrogen-bond donors (Lipinski definition) is 0. The highest BCUT2D eigenvalue weighted by Gasteiger charge is 2.11. The molecule has 0 heterocycles. The summed E-state index contributed by atoms with van der Waals surface area (Å²) in [7, 11) is 1.30. The van der Waals surface area contributed by atoms with Crippen LogP contribution in [0.15, 0.2) is 40.9 Å². The summed E-state index contributed by atoms with van der Waals surface area (Å²) in [5, 5.41) is 0. The molecule has 21 heavy (non-hydrogen) atoms. The Morgan fingerprint density at radius 1 is 1.19 bits per heavy atom. The molecule has 2 rings (SSSR count). The maximum absolute atomic E-state index is 13.6. The third-order valence-corrected chi connectivity index (χ3v) is 3.31. The molecule has 0 saturated carbocycles. The summed E-state index contributed by atoms with van der Waals surface area (Å²) >= 11 is 3.05. The Morgan fingerprint density at radius 2 is 1.86 bits per heavy atom. The minimum absolute atomic E-state index is 0.0616. The highest BCUT2D eigenvalue weighted by molar-refractivity contribution is 9.10. The molecular formula is C15H11BrF2O3. The second-order valence-corrected chi connectivity index (χ2v) is 5.03. The summed E-state index contributed by atoms with van der Waals surface area (Å²) in [5.74, 6) is -1.97. The summed E-state index contributed by atoms with van der Waals surface area (Å²) in [6, 6.07) is 8.38. The lowest BCUT2D eigenvalue weighted by molar-refractivity contribution is 0.0600. The fourth-order valence-electron chi connectivity index (χ4n) is 1.68. The van der Waals surface area contributed by atoms with Gasteiger partial charge in [-0.3, -0.25) is 0 Å². The average Bonchev–Trinajstić information content (AvgIpc) is 2.46. The molecule has 3 nitrogen and oxygen atoms in total. The van der Waals surface area contributed by atoms with Gasteiger partial charge in [0.1, 0.15) is 12.4 Å². The predicted molar refractivity (Wildman–Crippen MR) is 76.2 cm³/mol. The number of esters is 1. The van der Waals surface area contributed by atoms with Crippen molar-refractivity contribution in [2.75, 3.05) is 7.11 Å². The summed E-state index contributed by atoms with van der Waals surface area (Å²) in [4.78, 5) is 11.3. The fourth-order valence-corrected chi connectivity index (χ4v) is 2.20. The Balaban J connectivity index is 2.08. The van der Waals surface area contributed by atoms with Gasteiger partial charge in [-0.25, -0.2) is 13.6 Å². The third-order valence-electron chi connectivity index (χ3n) is 2.72. The first kappa shape index (κ1) is 15.4. The number of methoxy groups -OCH3 is 1. The van der Waals surface area contributed by atoms with Crippen LogP contribution in [0, 0.1) is 11.6 Å². The number of rotatable bonds is 4. The third kappa shape index (κ3) is 3.78. The van der Waals surface area contributed by atoms with E-state index < -0.39 is 17.6 Å². The minimum atomic E-state index is -0.784. The van der Waals surface area contributed by atoms with Crippen LogP contribution in [0.25, 0.3) is 0 Å². The van der Waals surface area contributed by atoms with Crippen LogP contribution >= 0.6 is 15.9 Å². The molecule has 0 aliphatic heterocycles. The highest BCUT2D eigenvalue weighted by atomic mass is 79.9. The van der Waals surface area contributed by atoms with E-state index in [2.05, 4.69) is 20.7 Å².